The molecule has 0 bridgehead atoms. The molecule has 14 heavy (non-hydrogen) atoms. The van der Waals surface area contributed by atoms with E-state index in [0.717, 1.165) is 5.70 Å². The normalized spacial score (nSPS) is 15.8. The molecule has 0 amide bonds. The van der Waals surface area contributed by atoms with Gasteiger partial charge in [0.1, 0.15) is 6.54 Å². The first-order valence-corrected chi connectivity index (χ1v) is 4.40. The molecule has 0 fully saturated rings. The van der Waals surface area contributed by atoms with Crippen LogP contribution < -0.4 is 0 Å². The zero-order valence-electron chi connectivity index (χ0n) is 8.05. The summed E-state index contributed by atoms with van der Waals surface area (Å²) in [4.78, 5) is 12.3. The van der Waals surface area contributed by atoms with Crippen molar-refractivity contribution in [3.8, 4) is 0 Å². The van der Waals surface area contributed by atoms with Gasteiger partial charge in [0, 0.05) is 11.9 Å². The third kappa shape index (κ3) is 2.94. The number of carboxylic acid groups (broad SMARTS) is 1. The third-order valence-corrected chi connectivity index (χ3v) is 1.73. The number of aliphatic carboxylic acids is 1. The molecule has 0 aromatic carbocycles. The number of carboxylic acids is 1. The van der Waals surface area contributed by atoms with Gasteiger partial charge in [-0.15, -0.1) is 0 Å². The Balaban J connectivity index is 2.84. The molecule has 1 N–H and O–H groups in total. The molecule has 1 heterocycles. The zero-order chi connectivity index (χ0) is 10.4. The van der Waals surface area contributed by atoms with E-state index in [4.69, 9.17) is 5.11 Å². The predicted molar refractivity (Wildman–Crippen MR) is 55.5 cm³/mol. The molecule has 0 spiro atoms. The molecule has 0 unspecified atom stereocenters. The van der Waals surface area contributed by atoms with Gasteiger partial charge in [-0.3, -0.25) is 4.79 Å². The molecular weight excluding hydrogens is 178 g/mol. The maximum Gasteiger partial charge on any atom is 0.323 e. The van der Waals surface area contributed by atoms with Crippen molar-refractivity contribution in [2.45, 2.75) is 6.92 Å². The maximum absolute atomic E-state index is 10.6. The van der Waals surface area contributed by atoms with E-state index in [1.165, 1.54) is 0 Å². The summed E-state index contributed by atoms with van der Waals surface area (Å²) in [5.41, 5.74) is 0.875. The lowest BCUT2D eigenvalue weighted by Gasteiger charge is -2.18. The number of hydrogen-bond donors (Lipinski definition) is 1. The molecule has 3 nitrogen and oxygen atoms in total. The highest BCUT2D eigenvalue weighted by molar-refractivity contribution is 5.69. The minimum Gasteiger partial charge on any atom is -0.480 e. The van der Waals surface area contributed by atoms with Crippen LogP contribution in [0.4, 0.5) is 0 Å². The lowest BCUT2D eigenvalue weighted by Crippen LogP contribution is -2.23. The Bertz CT molecular complexity index is 324. The maximum atomic E-state index is 10.6. The van der Waals surface area contributed by atoms with E-state index < -0.39 is 5.97 Å². The summed E-state index contributed by atoms with van der Waals surface area (Å²) in [7, 11) is 0. The number of rotatable bonds is 3. The Labute approximate surface area is 83.3 Å². The van der Waals surface area contributed by atoms with Gasteiger partial charge in [0.05, 0.1) is 0 Å². The Morgan fingerprint density at radius 1 is 1.50 bits per heavy atom. The second kappa shape index (κ2) is 5.07. The standard InChI is InChI=1S/C11H13NO2/c1-2-6-10-7-4-3-5-8-12(10)9-11(13)14/h2-8H,9H2,1H3,(H,13,14). The molecule has 0 saturated heterocycles. The summed E-state index contributed by atoms with van der Waals surface area (Å²) in [6, 6.07) is 0. The van der Waals surface area contributed by atoms with Crippen LogP contribution in [0.5, 0.6) is 0 Å². The van der Waals surface area contributed by atoms with Crippen molar-refractivity contribution in [2.75, 3.05) is 6.54 Å². The first-order chi connectivity index (χ1) is 6.74. The molecule has 0 aromatic heterocycles. The fourth-order valence-electron chi connectivity index (χ4n) is 1.17. The Hall–Kier alpha value is -1.77. The molecule has 74 valence electrons. The van der Waals surface area contributed by atoms with Crippen LogP contribution in [0.15, 0.2) is 48.4 Å². The second-order valence-electron chi connectivity index (χ2n) is 2.84. The topological polar surface area (TPSA) is 40.5 Å². The van der Waals surface area contributed by atoms with Crippen LogP contribution in [-0.2, 0) is 4.79 Å². The number of allylic oxidation sites excluding steroid dienone is 6. The Kier molecular flexibility index (Phi) is 3.73. The predicted octanol–water partition coefficient (Wildman–Crippen LogP) is 1.92. The molecule has 0 atom stereocenters. The third-order valence-electron chi connectivity index (χ3n) is 1.73. The first kappa shape index (κ1) is 10.3. The summed E-state index contributed by atoms with van der Waals surface area (Å²) in [6.45, 7) is 1.88. The van der Waals surface area contributed by atoms with Crippen molar-refractivity contribution in [2.24, 2.45) is 0 Å². The van der Waals surface area contributed by atoms with Crippen molar-refractivity contribution < 1.29 is 9.90 Å². The molecule has 0 radical (unpaired) electrons. The van der Waals surface area contributed by atoms with Gasteiger partial charge in [-0.05, 0) is 25.2 Å². The summed E-state index contributed by atoms with van der Waals surface area (Å²) in [5.74, 6) is -0.841. The average Bonchev–Trinajstić information content (AvgIpc) is 2.32. The molecule has 3 heteroatoms. The van der Waals surface area contributed by atoms with E-state index in [-0.39, 0.29) is 6.54 Å². The lowest BCUT2D eigenvalue weighted by molar-refractivity contribution is -0.137. The van der Waals surface area contributed by atoms with Crippen LogP contribution in [0.3, 0.4) is 0 Å². The van der Waals surface area contributed by atoms with E-state index in [2.05, 4.69) is 0 Å². The monoisotopic (exact) mass is 191 g/mol. The number of carbonyl (C=O) groups is 1. The highest BCUT2D eigenvalue weighted by atomic mass is 16.4. The van der Waals surface area contributed by atoms with Crippen LogP contribution >= 0.6 is 0 Å². The minimum absolute atomic E-state index is 0.0195. The van der Waals surface area contributed by atoms with Gasteiger partial charge in [-0.1, -0.05) is 18.2 Å². The van der Waals surface area contributed by atoms with Crippen LogP contribution in [0, 0.1) is 0 Å². The molecule has 0 aromatic rings. The fourth-order valence-corrected chi connectivity index (χ4v) is 1.17. The highest BCUT2D eigenvalue weighted by Crippen LogP contribution is 2.10. The van der Waals surface area contributed by atoms with E-state index in [0.29, 0.717) is 0 Å². The van der Waals surface area contributed by atoms with Gasteiger partial charge in [0.2, 0.25) is 0 Å². The molecule has 0 saturated carbocycles. The SMILES string of the molecule is CC=CC1=CC=CC=CN1CC(=O)O. The van der Waals surface area contributed by atoms with Crippen molar-refractivity contribution in [3.05, 3.63) is 48.4 Å². The fraction of sp³-hybridized carbons (Fsp3) is 0.182. The summed E-state index contributed by atoms with van der Waals surface area (Å²) in [6.07, 6.45) is 13.0. The quantitative estimate of drug-likeness (QED) is 0.740. The van der Waals surface area contributed by atoms with E-state index >= 15 is 0 Å². The largest absolute Gasteiger partial charge is 0.480 e. The van der Waals surface area contributed by atoms with Gasteiger partial charge >= 0.3 is 5.97 Å². The second-order valence-corrected chi connectivity index (χ2v) is 2.84. The minimum atomic E-state index is -0.841. The summed E-state index contributed by atoms with van der Waals surface area (Å²) in [5, 5.41) is 8.70. The molecular formula is C11H13NO2. The highest BCUT2D eigenvalue weighted by Gasteiger charge is 2.08. The smallest absolute Gasteiger partial charge is 0.323 e. The van der Waals surface area contributed by atoms with E-state index in [9.17, 15) is 4.79 Å². The van der Waals surface area contributed by atoms with Crippen LogP contribution in [0.25, 0.3) is 0 Å². The van der Waals surface area contributed by atoms with Gasteiger partial charge in [-0.25, -0.2) is 0 Å². The van der Waals surface area contributed by atoms with Gasteiger partial charge in [-0.2, -0.15) is 0 Å². The lowest BCUT2D eigenvalue weighted by atomic mass is 10.3. The summed E-state index contributed by atoms with van der Waals surface area (Å²) < 4.78 is 0. The number of nitrogens with zero attached hydrogens (tertiary/aromatic N) is 1. The van der Waals surface area contributed by atoms with Crippen molar-refractivity contribution in [1.29, 1.82) is 0 Å². The Morgan fingerprint density at radius 3 is 2.93 bits per heavy atom. The molecule has 1 aliphatic rings. The number of hydrogen-bond acceptors (Lipinski definition) is 2. The Morgan fingerprint density at radius 2 is 2.29 bits per heavy atom. The zero-order valence-corrected chi connectivity index (χ0v) is 8.05. The van der Waals surface area contributed by atoms with Crippen LogP contribution in [0.1, 0.15) is 6.92 Å². The van der Waals surface area contributed by atoms with Gasteiger partial charge in [0.15, 0.2) is 0 Å². The van der Waals surface area contributed by atoms with Gasteiger partial charge in [0.25, 0.3) is 0 Å². The average molecular weight is 191 g/mol. The molecule has 1 aliphatic heterocycles. The van der Waals surface area contributed by atoms with E-state index in [1.54, 1.807) is 11.1 Å². The van der Waals surface area contributed by atoms with Crippen molar-refractivity contribution in [3.63, 3.8) is 0 Å². The molecule has 1 rings (SSSR count). The first-order valence-electron chi connectivity index (χ1n) is 4.40. The van der Waals surface area contributed by atoms with E-state index in [1.807, 2.05) is 43.4 Å². The molecule has 0 aliphatic carbocycles. The van der Waals surface area contributed by atoms with Crippen molar-refractivity contribution >= 4 is 5.97 Å². The van der Waals surface area contributed by atoms with Crippen LogP contribution in [-0.4, -0.2) is 22.5 Å². The summed E-state index contributed by atoms with van der Waals surface area (Å²) >= 11 is 0. The van der Waals surface area contributed by atoms with Crippen LogP contribution in [0.2, 0.25) is 0 Å². The van der Waals surface area contributed by atoms with Gasteiger partial charge < -0.3 is 10.0 Å². The van der Waals surface area contributed by atoms with Crippen molar-refractivity contribution in [1.82, 2.24) is 4.90 Å².